The van der Waals surface area contributed by atoms with Gasteiger partial charge >= 0.3 is 0 Å². The molecule has 2 unspecified atom stereocenters. The summed E-state index contributed by atoms with van der Waals surface area (Å²) in [6.07, 6.45) is 13.6. The molecule has 3 heteroatoms. The molecule has 2 aliphatic carbocycles. The molecule has 2 atom stereocenters. The molecule has 8 aromatic carbocycles. The van der Waals surface area contributed by atoms with Gasteiger partial charge in [-0.1, -0.05) is 152 Å². The number of hydrogen-bond donors (Lipinski definition) is 0. The van der Waals surface area contributed by atoms with Crippen molar-refractivity contribution in [1.29, 1.82) is 0 Å². The second-order valence-corrected chi connectivity index (χ2v) is 17.7. The summed E-state index contributed by atoms with van der Waals surface area (Å²) in [6, 6.07) is 65.1. The Morgan fingerprint density at radius 3 is 1.81 bits per heavy atom. The minimum atomic E-state index is 0.388. The van der Waals surface area contributed by atoms with Gasteiger partial charge in [0.15, 0.2) is 0 Å². The summed E-state index contributed by atoms with van der Waals surface area (Å²) in [5.41, 5.74) is 13.5. The Hall–Kier alpha value is -6.78. The van der Waals surface area contributed by atoms with Crippen molar-refractivity contribution in [2.45, 2.75) is 5.92 Å². The van der Waals surface area contributed by atoms with E-state index in [4.69, 9.17) is 0 Å². The van der Waals surface area contributed by atoms with Crippen LogP contribution < -0.4 is 4.90 Å². The Balaban J connectivity index is 0.942. The molecule has 2 aliphatic rings. The smallest absolute Gasteiger partial charge is 0.0462 e. The van der Waals surface area contributed by atoms with Crippen molar-refractivity contribution in [3.05, 3.63) is 217 Å². The summed E-state index contributed by atoms with van der Waals surface area (Å²) >= 11 is 3.82. The van der Waals surface area contributed by atoms with Crippen molar-refractivity contribution in [3.63, 3.8) is 0 Å². The average molecular weight is 788 g/mol. The first kappa shape index (κ1) is 34.3. The van der Waals surface area contributed by atoms with E-state index in [1.54, 1.807) is 0 Å². The molecule has 0 radical (unpaired) electrons. The number of allylic oxidation sites excluding steroid dienone is 5. The number of hydrogen-bond acceptors (Lipinski definition) is 3. The minimum Gasteiger partial charge on any atom is -0.311 e. The molecule has 1 nitrogen and oxygen atoms in total. The highest BCUT2D eigenvalue weighted by Gasteiger charge is 2.24. The van der Waals surface area contributed by atoms with E-state index in [2.05, 4.69) is 217 Å². The zero-order valence-electron chi connectivity index (χ0n) is 32.1. The van der Waals surface area contributed by atoms with Crippen molar-refractivity contribution in [2.75, 3.05) is 4.90 Å². The van der Waals surface area contributed by atoms with Crippen LogP contribution in [0.25, 0.3) is 79.8 Å². The average Bonchev–Trinajstić information content (AvgIpc) is 3.89. The molecule has 0 saturated carbocycles. The lowest BCUT2D eigenvalue weighted by molar-refractivity contribution is 0.692. The number of fused-ring (bicyclic) bond motifs is 10. The van der Waals surface area contributed by atoms with Gasteiger partial charge < -0.3 is 4.90 Å². The van der Waals surface area contributed by atoms with Crippen molar-refractivity contribution < 1.29 is 0 Å². The van der Waals surface area contributed by atoms with Crippen LogP contribution in [0.15, 0.2) is 206 Å². The van der Waals surface area contributed by atoms with E-state index >= 15 is 0 Å². The van der Waals surface area contributed by atoms with Gasteiger partial charge in [-0.3, -0.25) is 0 Å². The van der Waals surface area contributed by atoms with Crippen molar-refractivity contribution >= 4 is 86.2 Å². The molecular formula is C56H37NS2. The zero-order valence-corrected chi connectivity index (χ0v) is 33.8. The molecule has 0 N–H and O–H groups in total. The predicted octanol–water partition coefficient (Wildman–Crippen LogP) is 16.7. The first-order valence-corrected chi connectivity index (χ1v) is 22.0. The second kappa shape index (κ2) is 14.0. The Bertz CT molecular complexity index is 3310. The Morgan fingerprint density at radius 2 is 1.03 bits per heavy atom. The van der Waals surface area contributed by atoms with Gasteiger partial charge in [0.1, 0.15) is 0 Å². The van der Waals surface area contributed by atoms with E-state index in [0.717, 1.165) is 17.1 Å². The maximum Gasteiger partial charge on any atom is 0.0462 e. The van der Waals surface area contributed by atoms with Gasteiger partial charge in [-0.25, -0.2) is 0 Å². The van der Waals surface area contributed by atoms with E-state index in [-0.39, 0.29) is 0 Å². The molecule has 0 amide bonds. The van der Waals surface area contributed by atoms with Gasteiger partial charge in [0, 0.05) is 69.2 Å². The van der Waals surface area contributed by atoms with Gasteiger partial charge in [-0.15, -0.1) is 22.7 Å². The van der Waals surface area contributed by atoms with Crippen LogP contribution in [0.4, 0.5) is 17.1 Å². The number of anilines is 3. The third-order valence-corrected chi connectivity index (χ3v) is 14.6. The summed E-state index contributed by atoms with van der Waals surface area (Å²) in [7, 11) is 0. The fourth-order valence-electron chi connectivity index (χ4n) is 9.33. The van der Waals surface area contributed by atoms with Gasteiger partial charge in [-0.05, 0) is 105 Å². The standard InChI is InChI=1S/C56H37NS2/c1-2-9-36(10-3-1)37-21-27-43(28-22-37)57(44-29-23-38(24-30-44)42-20-19-41-18-17-39-11-4-5-12-46(39)50(41)35-42)45-31-25-40(26-32-45)47-14-8-16-52-54(47)55-53(58-52)34-33-49-48-13-6-7-15-51(48)59-56(49)55/h1-35,39,46H. The zero-order chi connectivity index (χ0) is 38.9. The highest BCUT2D eigenvalue weighted by atomic mass is 32.1. The van der Waals surface area contributed by atoms with Crippen LogP contribution in [0.1, 0.15) is 17.0 Å². The molecule has 2 aromatic heterocycles. The third kappa shape index (κ3) is 5.80. The number of rotatable bonds is 6. The lowest BCUT2D eigenvalue weighted by atomic mass is 9.76. The number of thiophene rings is 2. The van der Waals surface area contributed by atoms with Gasteiger partial charge in [0.25, 0.3) is 0 Å². The monoisotopic (exact) mass is 787 g/mol. The highest BCUT2D eigenvalue weighted by molar-refractivity contribution is 7.29. The Morgan fingerprint density at radius 1 is 0.407 bits per heavy atom. The SMILES string of the molecule is C1=CC2C=Cc3ccc(-c4ccc(N(c5ccc(-c6ccccc6)cc5)c5ccc(-c6cccc7sc8ccc9c%10ccccc%10sc9c8c67)cc5)cc4)cc3C2C=C1. The molecule has 278 valence electrons. The van der Waals surface area contributed by atoms with Crippen molar-refractivity contribution in [2.24, 2.45) is 5.92 Å². The molecule has 12 rings (SSSR count). The lowest BCUT2D eigenvalue weighted by Crippen LogP contribution is -2.13. The fraction of sp³-hybridized carbons (Fsp3) is 0.0357. The van der Waals surface area contributed by atoms with Crippen LogP contribution in [0.2, 0.25) is 0 Å². The molecule has 59 heavy (non-hydrogen) atoms. The molecule has 0 saturated heterocycles. The predicted molar refractivity (Wildman–Crippen MR) is 257 cm³/mol. The molecule has 0 bridgehead atoms. The number of benzene rings is 8. The van der Waals surface area contributed by atoms with Crippen LogP contribution in [-0.4, -0.2) is 0 Å². The molecule has 10 aromatic rings. The maximum absolute atomic E-state index is 2.40. The normalized spacial score (nSPS) is 15.6. The molecule has 2 heterocycles. The first-order chi connectivity index (χ1) is 29.2. The van der Waals surface area contributed by atoms with Crippen LogP contribution in [0.5, 0.6) is 0 Å². The summed E-state index contributed by atoms with van der Waals surface area (Å²) in [6.45, 7) is 0. The topological polar surface area (TPSA) is 3.24 Å². The van der Waals surface area contributed by atoms with E-state index < -0.39 is 0 Å². The molecule has 0 aliphatic heterocycles. The second-order valence-electron chi connectivity index (χ2n) is 15.6. The molecular weight excluding hydrogens is 751 g/mol. The summed E-state index contributed by atoms with van der Waals surface area (Å²) < 4.78 is 5.39. The molecule has 0 spiro atoms. The van der Waals surface area contributed by atoms with Crippen LogP contribution in [-0.2, 0) is 0 Å². The van der Waals surface area contributed by atoms with E-state index in [1.165, 1.54) is 84.9 Å². The van der Waals surface area contributed by atoms with Gasteiger partial charge in [-0.2, -0.15) is 0 Å². The highest BCUT2D eigenvalue weighted by Crippen LogP contribution is 2.48. The quantitative estimate of drug-likeness (QED) is 0.162. The van der Waals surface area contributed by atoms with Gasteiger partial charge in [0.2, 0.25) is 0 Å². The van der Waals surface area contributed by atoms with E-state index in [9.17, 15) is 0 Å². The minimum absolute atomic E-state index is 0.388. The van der Waals surface area contributed by atoms with Crippen molar-refractivity contribution in [3.8, 4) is 33.4 Å². The van der Waals surface area contributed by atoms with Crippen molar-refractivity contribution in [1.82, 2.24) is 0 Å². The van der Waals surface area contributed by atoms with E-state index in [1.807, 2.05) is 22.7 Å². The Labute approximate surface area is 351 Å². The largest absolute Gasteiger partial charge is 0.311 e. The first-order valence-electron chi connectivity index (χ1n) is 20.3. The van der Waals surface area contributed by atoms with Crippen LogP contribution >= 0.6 is 22.7 Å². The maximum atomic E-state index is 2.40. The summed E-state index contributed by atoms with van der Waals surface area (Å²) in [4.78, 5) is 2.38. The molecule has 0 fully saturated rings. The lowest BCUT2D eigenvalue weighted by Gasteiger charge is -2.28. The summed E-state index contributed by atoms with van der Waals surface area (Å²) in [5.74, 6) is 0.812. The van der Waals surface area contributed by atoms with Gasteiger partial charge in [0.05, 0.1) is 0 Å². The summed E-state index contributed by atoms with van der Waals surface area (Å²) in [5, 5.41) is 5.42. The number of nitrogens with zero attached hydrogens (tertiary/aromatic N) is 1. The van der Waals surface area contributed by atoms with Crippen LogP contribution in [0.3, 0.4) is 0 Å². The Kier molecular flexibility index (Phi) is 8.11. The fourth-order valence-corrected chi connectivity index (χ4v) is 11.8. The van der Waals surface area contributed by atoms with E-state index in [0.29, 0.717) is 11.8 Å². The third-order valence-electron chi connectivity index (χ3n) is 12.3. The van der Waals surface area contributed by atoms with Crippen LogP contribution in [0, 0.1) is 5.92 Å².